The Morgan fingerprint density at radius 1 is 1.27 bits per heavy atom. The lowest BCUT2D eigenvalue weighted by Gasteiger charge is -2.10. The summed E-state index contributed by atoms with van der Waals surface area (Å²) in [4.78, 5) is 10.3. The van der Waals surface area contributed by atoms with Crippen molar-refractivity contribution in [1.29, 1.82) is 0 Å². The van der Waals surface area contributed by atoms with Gasteiger partial charge in [0.25, 0.3) is 0 Å². The van der Waals surface area contributed by atoms with Gasteiger partial charge in [-0.25, -0.2) is 0 Å². The van der Waals surface area contributed by atoms with Crippen molar-refractivity contribution in [3.8, 4) is 5.75 Å². The van der Waals surface area contributed by atoms with Crippen LogP contribution in [0.1, 0.15) is 18.1 Å². The molecule has 2 rings (SSSR count). The van der Waals surface area contributed by atoms with Crippen LogP contribution in [0, 0.1) is 10.1 Å². The summed E-state index contributed by atoms with van der Waals surface area (Å²) < 4.78 is 5.73. The van der Waals surface area contributed by atoms with Gasteiger partial charge in [0.2, 0.25) is 5.70 Å². The highest BCUT2D eigenvalue weighted by molar-refractivity contribution is 6.35. The Bertz CT molecular complexity index is 729. The van der Waals surface area contributed by atoms with Gasteiger partial charge < -0.3 is 4.74 Å². The van der Waals surface area contributed by atoms with Gasteiger partial charge in [0.1, 0.15) is 12.4 Å². The van der Waals surface area contributed by atoms with Gasteiger partial charge in [-0.3, -0.25) is 10.1 Å². The third kappa shape index (κ3) is 4.23. The van der Waals surface area contributed by atoms with Crippen LogP contribution < -0.4 is 4.74 Å². The van der Waals surface area contributed by atoms with Crippen molar-refractivity contribution in [3.63, 3.8) is 0 Å². The van der Waals surface area contributed by atoms with Crippen LogP contribution in [0.2, 0.25) is 10.0 Å². The molecule has 0 saturated heterocycles. The molecule has 0 aliphatic heterocycles. The van der Waals surface area contributed by atoms with Crippen LogP contribution in [-0.2, 0) is 6.61 Å². The topological polar surface area (TPSA) is 52.4 Å². The summed E-state index contributed by atoms with van der Waals surface area (Å²) in [5.41, 5.74) is 1.47. The van der Waals surface area contributed by atoms with E-state index >= 15 is 0 Å². The Morgan fingerprint density at radius 2 is 2.00 bits per heavy atom. The molecule has 6 heteroatoms. The van der Waals surface area contributed by atoms with Crippen LogP contribution in [0.25, 0.3) is 6.08 Å². The molecule has 22 heavy (non-hydrogen) atoms. The molecule has 0 fully saturated rings. The molecule has 0 saturated carbocycles. The molecule has 0 amide bonds. The van der Waals surface area contributed by atoms with Crippen molar-refractivity contribution in [3.05, 3.63) is 79.4 Å². The maximum absolute atomic E-state index is 10.7. The Kier molecular flexibility index (Phi) is 5.41. The molecule has 0 N–H and O–H groups in total. The maximum atomic E-state index is 10.7. The van der Waals surface area contributed by atoms with Crippen molar-refractivity contribution in [2.75, 3.05) is 0 Å². The van der Waals surface area contributed by atoms with Crippen LogP contribution in [-0.4, -0.2) is 4.92 Å². The van der Waals surface area contributed by atoms with E-state index in [4.69, 9.17) is 27.9 Å². The SMILES string of the molecule is CC(=Cc1ccccc1OCc1ccc(Cl)cc1Cl)[N+](=O)[O-]. The van der Waals surface area contributed by atoms with Crippen LogP contribution in [0.15, 0.2) is 48.2 Å². The zero-order valence-corrected chi connectivity index (χ0v) is 13.3. The van der Waals surface area contributed by atoms with Gasteiger partial charge in [-0.2, -0.15) is 0 Å². The second-order valence-corrected chi connectivity index (χ2v) is 5.45. The third-order valence-electron chi connectivity index (χ3n) is 2.97. The van der Waals surface area contributed by atoms with E-state index in [1.165, 1.54) is 13.0 Å². The summed E-state index contributed by atoms with van der Waals surface area (Å²) in [6.07, 6.45) is 1.47. The molecule has 114 valence electrons. The normalized spacial score (nSPS) is 11.3. The number of nitrogens with zero attached hydrogens (tertiary/aromatic N) is 1. The Balaban J connectivity index is 2.20. The van der Waals surface area contributed by atoms with E-state index in [9.17, 15) is 10.1 Å². The first-order valence-electron chi connectivity index (χ1n) is 6.46. The molecule has 4 nitrogen and oxygen atoms in total. The fourth-order valence-electron chi connectivity index (χ4n) is 1.80. The first kappa shape index (κ1) is 16.3. The van der Waals surface area contributed by atoms with E-state index in [0.29, 0.717) is 21.4 Å². The molecule has 0 heterocycles. The molecule has 0 aliphatic rings. The Labute approximate surface area is 138 Å². The average molecular weight is 338 g/mol. The first-order chi connectivity index (χ1) is 10.5. The Morgan fingerprint density at radius 3 is 2.68 bits per heavy atom. The molecule has 0 unspecified atom stereocenters. The minimum Gasteiger partial charge on any atom is -0.488 e. The molecule has 0 aromatic heterocycles. The zero-order chi connectivity index (χ0) is 16.1. The molecule has 2 aromatic rings. The van der Waals surface area contributed by atoms with E-state index in [0.717, 1.165) is 5.56 Å². The van der Waals surface area contributed by atoms with Gasteiger partial charge in [-0.1, -0.05) is 47.5 Å². The van der Waals surface area contributed by atoms with Crippen molar-refractivity contribution < 1.29 is 9.66 Å². The standard InChI is InChI=1S/C16H13Cl2NO3/c1-11(19(20)21)8-12-4-2-3-5-16(12)22-10-13-6-7-14(17)9-15(13)18/h2-9H,10H2,1H3. The van der Waals surface area contributed by atoms with E-state index in [1.807, 2.05) is 0 Å². The summed E-state index contributed by atoms with van der Waals surface area (Å²) in [6.45, 7) is 1.69. The minimum absolute atomic E-state index is 0.0422. The number of ether oxygens (including phenoxy) is 1. The zero-order valence-electron chi connectivity index (χ0n) is 11.8. The van der Waals surface area contributed by atoms with Crippen molar-refractivity contribution in [1.82, 2.24) is 0 Å². The Hall–Kier alpha value is -2.04. The van der Waals surface area contributed by atoms with E-state index in [1.54, 1.807) is 42.5 Å². The van der Waals surface area contributed by atoms with Gasteiger partial charge in [-0.15, -0.1) is 0 Å². The van der Waals surface area contributed by atoms with Crippen LogP contribution >= 0.6 is 23.2 Å². The molecule has 0 bridgehead atoms. The molecule has 0 spiro atoms. The van der Waals surface area contributed by atoms with Crippen molar-refractivity contribution >= 4 is 29.3 Å². The third-order valence-corrected chi connectivity index (χ3v) is 3.56. The van der Waals surface area contributed by atoms with Gasteiger partial charge in [0.15, 0.2) is 0 Å². The number of nitro groups is 1. The molecule has 0 aliphatic carbocycles. The number of allylic oxidation sites excluding steroid dienone is 1. The van der Waals surface area contributed by atoms with Gasteiger partial charge in [0, 0.05) is 34.2 Å². The second kappa shape index (κ2) is 7.29. The number of rotatable bonds is 5. The van der Waals surface area contributed by atoms with E-state index in [2.05, 4.69) is 0 Å². The predicted octanol–water partition coefficient (Wildman–Crippen LogP) is 5.21. The van der Waals surface area contributed by atoms with Gasteiger partial charge >= 0.3 is 0 Å². The maximum Gasteiger partial charge on any atom is 0.243 e. The van der Waals surface area contributed by atoms with Crippen LogP contribution in [0.3, 0.4) is 0 Å². The van der Waals surface area contributed by atoms with Crippen LogP contribution in [0.5, 0.6) is 5.75 Å². The monoisotopic (exact) mass is 337 g/mol. The van der Waals surface area contributed by atoms with Gasteiger partial charge in [-0.05, 0) is 18.2 Å². The average Bonchev–Trinajstić information content (AvgIpc) is 2.47. The quantitative estimate of drug-likeness (QED) is 0.555. The first-order valence-corrected chi connectivity index (χ1v) is 7.21. The number of para-hydroxylation sites is 1. The fraction of sp³-hybridized carbons (Fsp3) is 0.125. The van der Waals surface area contributed by atoms with Crippen molar-refractivity contribution in [2.45, 2.75) is 13.5 Å². The molecular formula is C16H13Cl2NO3. The smallest absolute Gasteiger partial charge is 0.243 e. The van der Waals surface area contributed by atoms with Crippen molar-refractivity contribution in [2.24, 2.45) is 0 Å². The molecule has 2 aromatic carbocycles. The summed E-state index contributed by atoms with van der Waals surface area (Å²) in [5, 5.41) is 11.8. The van der Waals surface area contributed by atoms with E-state index < -0.39 is 4.92 Å². The largest absolute Gasteiger partial charge is 0.488 e. The highest BCUT2D eigenvalue weighted by Gasteiger charge is 2.08. The lowest BCUT2D eigenvalue weighted by molar-refractivity contribution is -0.422. The predicted molar refractivity (Wildman–Crippen MR) is 87.9 cm³/mol. The number of hydrogen-bond acceptors (Lipinski definition) is 3. The lowest BCUT2D eigenvalue weighted by atomic mass is 10.1. The number of benzene rings is 2. The summed E-state index contributed by atoms with van der Waals surface area (Å²) in [5.74, 6) is 0.551. The fourth-order valence-corrected chi connectivity index (χ4v) is 2.27. The highest BCUT2D eigenvalue weighted by atomic mass is 35.5. The summed E-state index contributed by atoms with van der Waals surface area (Å²) >= 11 is 11.9. The molecule has 0 radical (unpaired) electrons. The molecule has 0 atom stereocenters. The summed E-state index contributed by atoms with van der Waals surface area (Å²) in [6, 6.07) is 12.3. The highest BCUT2D eigenvalue weighted by Crippen LogP contribution is 2.25. The van der Waals surface area contributed by atoms with Crippen LogP contribution in [0.4, 0.5) is 0 Å². The van der Waals surface area contributed by atoms with E-state index in [-0.39, 0.29) is 12.3 Å². The number of hydrogen-bond donors (Lipinski definition) is 0. The molecular weight excluding hydrogens is 325 g/mol. The lowest BCUT2D eigenvalue weighted by Crippen LogP contribution is -1.99. The van der Waals surface area contributed by atoms with Gasteiger partial charge in [0.05, 0.1) is 4.92 Å². The minimum atomic E-state index is -0.438. The number of halogens is 2. The summed E-state index contributed by atoms with van der Waals surface area (Å²) in [7, 11) is 0. The second-order valence-electron chi connectivity index (χ2n) is 4.61.